The normalized spacial score (nSPS) is 10.4. The number of anilines is 2. The third kappa shape index (κ3) is 2.72. The number of nitrogens with one attached hydrogen (secondary N) is 1. The smallest absolute Gasteiger partial charge is 0.182 e. The van der Waals surface area contributed by atoms with E-state index in [-0.39, 0.29) is 16.2 Å². The summed E-state index contributed by atoms with van der Waals surface area (Å²) < 4.78 is 53.3. The fraction of sp³-hybridized carbons (Fsp3) is 0. The maximum absolute atomic E-state index is 13.6. The van der Waals surface area contributed by atoms with Gasteiger partial charge in [-0.25, -0.2) is 17.6 Å². The summed E-state index contributed by atoms with van der Waals surface area (Å²) in [6.45, 7) is 0. The molecule has 0 aliphatic heterocycles. The van der Waals surface area contributed by atoms with Crippen LogP contribution in [-0.4, -0.2) is 4.99 Å². The first-order chi connectivity index (χ1) is 9.40. The Balaban J connectivity index is 2.51. The molecular weight excluding hydrogens is 292 g/mol. The summed E-state index contributed by atoms with van der Waals surface area (Å²) in [5.41, 5.74) is 4.75. The molecule has 0 heterocycles. The zero-order chi connectivity index (χ0) is 14.9. The molecule has 0 atom stereocenters. The van der Waals surface area contributed by atoms with E-state index in [9.17, 15) is 17.6 Å². The van der Waals surface area contributed by atoms with Crippen LogP contribution in [0.4, 0.5) is 28.9 Å². The molecule has 0 saturated carbocycles. The highest BCUT2D eigenvalue weighted by Crippen LogP contribution is 2.26. The Bertz CT molecular complexity index is 688. The van der Waals surface area contributed by atoms with Crippen molar-refractivity contribution in [3.8, 4) is 0 Å². The van der Waals surface area contributed by atoms with Gasteiger partial charge < -0.3 is 11.1 Å². The van der Waals surface area contributed by atoms with Gasteiger partial charge in [0.15, 0.2) is 11.6 Å². The number of nitrogens with two attached hydrogens (primary N) is 1. The van der Waals surface area contributed by atoms with Crippen molar-refractivity contribution >= 4 is 28.6 Å². The zero-order valence-electron chi connectivity index (χ0n) is 9.88. The molecule has 104 valence electrons. The van der Waals surface area contributed by atoms with Crippen molar-refractivity contribution in [2.75, 3.05) is 5.32 Å². The molecule has 0 radical (unpaired) electrons. The molecule has 0 aromatic heterocycles. The monoisotopic (exact) mass is 300 g/mol. The summed E-state index contributed by atoms with van der Waals surface area (Å²) in [6, 6.07) is 4.95. The third-order valence-corrected chi connectivity index (χ3v) is 2.73. The van der Waals surface area contributed by atoms with E-state index in [1.54, 1.807) is 0 Å². The van der Waals surface area contributed by atoms with Crippen molar-refractivity contribution in [1.29, 1.82) is 0 Å². The van der Waals surface area contributed by atoms with Crippen molar-refractivity contribution in [2.24, 2.45) is 5.73 Å². The van der Waals surface area contributed by atoms with Gasteiger partial charge in [0.1, 0.15) is 16.6 Å². The number of benzene rings is 2. The molecule has 7 heteroatoms. The Hall–Kier alpha value is -2.15. The second-order valence-electron chi connectivity index (χ2n) is 3.90. The third-order valence-electron chi connectivity index (χ3n) is 2.52. The minimum Gasteiger partial charge on any atom is -0.389 e. The standard InChI is InChI=1S/C13H8F4N2S/c14-6-4-8(16)12(17)10(5-6)19-9-3-1-2-7(15)11(9)13(18)20/h1-5,19H,(H2,18,20). The highest BCUT2D eigenvalue weighted by Gasteiger charge is 2.15. The first-order valence-electron chi connectivity index (χ1n) is 5.40. The number of hydrogen-bond acceptors (Lipinski definition) is 2. The highest BCUT2D eigenvalue weighted by atomic mass is 32.1. The molecule has 0 fully saturated rings. The molecule has 0 bridgehead atoms. The van der Waals surface area contributed by atoms with Crippen LogP contribution in [0, 0.1) is 23.3 Å². The molecule has 0 unspecified atom stereocenters. The predicted octanol–water partition coefficient (Wildman–Crippen LogP) is 3.62. The minimum atomic E-state index is -1.36. The Morgan fingerprint density at radius 3 is 2.35 bits per heavy atom. The van der Waals surface area contributed by atoms with Gasteiger partial charge >= 0.3 is 0 Å². The molecule has 0 aliphatic carbocycles. The van der Waals surface area contributed by atoms with Gasteiger partial charge in [0, 0.05) is 12.1 Å². The summed E-state index contributed by atoms with van der Waals surface area (Å²) in [6.07, 6.45) is 0. The molecule has 3 N–H and O–H groups in total. The lowest BCUT2D eigenvalue weighted by Gasteiger charge is -2.13. The maximum Gasteiger partial charge on any atom is 0.182 e. The minimum absolute atomic E-state index is 0.0152. The van der Waals surface area contributed by atoms with E-state index in [4.69, 9.17) is 18.0 Å². The van der Waals surface area contributed by atoms with Crippen LogP contribution < -0.4 is 11.1 Å². The van der Waals surface area contributed by atoms with Crippen molar-refractivity contribution < 1.29 is 17.6 Å². The summed E-state index contributed by atoms with van der Waals surface area (Å²) in [7, 11) is 0. The lowest BCUT2D eigenvalue weighted by molar-refractivity contribution is 0.498. The molecule has 2 rings (SSSR count). The van der Waals surface area contributed by atoms with Crippen molar-refractivity contribution in [1.82, 2.24) is 0 Å². The van der Waals surface area contributed by atoms with Gasteiger partial charge in [-0.15, -0.1) is 0 Å². The lowest BCUT2D eigenvalue weighted by Crippen LogP contribution is -2.14. The number of hydrogen-bond donors (Lipinski definition) is 2. The van der Waals surface area contributed by atoms with Crippen LogP contribution in [-0.2, 0) is 0 Å². The predicted molar refractivity (Wildman–Crippen MR) is 71.9 cm³/mol. The van der Waals surface area contributed by atoms with E-state index >= 15 is 0 Å². The first kappa shape index (κ1) is 14.3. The number of halogens is 4. The van der Waals surface area contributed by atoms with E-state index in [0.29, 0.717) is 6.07 Å². The Labute approximate surface area is 117 Å². The van der Waals surface area contributed by atoms with Crippen LogP contribution in [0.15, 0.2) is 30.3 Å². The van der Waals surface area contributed by atoms with Gasteiger partial charge in [-0.1, -0.05) is 18.3 Å². The van der Waals surface area contributed by atoms with Crippen LogP contribution in [0.3, 0.4) is 0 Å². The number of thiocarbonyl (C=S) groups is 1. The van der Waals surface area contributed by atoms with Crippen LogP contribution in [0.5, 0.6) is 0 Å². The summed E-state index contributed by atoms with van der Waals surface area (Å²) >= 11 is 4.69. The zero-order valence-corrected chi connectivity index (χ0v) is 10.7. The van der Waals surface area contributed by atoms with Gasteiger partial charge in [-0.05, 0) is 12.1 Å². The molecule has 20 heavy (non-hydrogen) atoms. The van der Waals surface area contributed by atoms with E-state index in [1.165, 1.54) is 12.1 Å². The van der Waals surface area contributed by atoms with Crippen molar-refractivity contribution in [3.63, 3.8) is 0 Å². The van der Waals surface area contributed by atoms with Gasteiger partial charge in [0.2, 0.25) is 0 Å². The fourth-order valence-corrected chi connectivity index (χ4v) is 1.88. The van der Waals surface area contributed by atoms with E-state index in [2.05, 4.69) is 5.32 Å². The Morgan fingerprint density at radius 2 is 1.70 bits per heavy atom. The molecular formula is C13H8F4N2S. The quantitative estimate of drug-likeness (QED) is 0.516. The first-order valence-corrected chi connectivity index (χ1v) is 5.81. The molecule has 2 aromatic rings. The Kier molecular flexibility index (Phi) is 3.89. The van der Waals surface area contributed by atoms with Crippen LogP contribution >= 0.6 is 12.2 Å². The van der Waals surface area contributed by atoms with Crippen LogP contribution in [0.25, 0.3) is 0 Å². The second-order valence-corrected chi connectivity index (χ2v) is 4.34. The summed E-state index contributed by atoms with van der Waals surface area (Å²) in [4.78, 5) is -0.261. The molecule has 0 saturated heterocycles. The molecule has 2 nitrogen and oxygen atoms in total. The molecule has 0 aliphatic rings. The SMILES string of the molecule is NC(=S)c1c(F)cccc1Nc1cc(F)cc(F)c1F. The van der Waals surface area contributed by atoms with Gasteiger partial charge in [0.25, 0.3) is 0 Å². The van der Waals surface area contributed by atoms with Crippen LogP contribution in [0.2, 0.25) is 0 Å². The second kappa shape index (κ2) is 5.46. The van der Waals surface area contributed by atoms with E-state index in [0.717, 1.165) is 12.1 Å². The van der Waals surface area contributed by atoms with Gasteiger partial charge in [-0.2, -0.15) is 0 Å². The van der Waals surface area contributed by atoms with E-state index < -0.39 is 29.0 Å². The van der Waals surface area contributed by atoms with Crippen molar-refractivity contribution in [3.05, 3.63) is 59.2 Å². The van der Waals surface area contributed by atoms with Gasteiger partial charge in [-0.3, -0.25) is 0 Å². The highest BCUT2D eigenvalue weighted by molar-refractivity contribution is 7.80. The Morgan fingerprint density at radius 1 is 1.00 bits per heavy atom. The fourth-order valence-electron chi connectivity index (χ4n) is 1.67. The molecule has 2 aromatic carbocycles. The lowest BCUT2D eigenvalue weighted by atomic mass is 10.1. The largest absolute Gasteiger partial charge is 0.389 e. The van der Waals surface area contributed by atoms with E-state index in [1.807, 2.05) is 0 Å². The molecule has 0 spiro atoms. The number of rotatable bonds is 3. The average molecular weight is 300 g/mol. The van der Waals surface area contributed by atoms with Crippen LogP contribution in [0.1, 0.15) is 5.56 Å². The van der Waals surface area contributed by atoms with Crippen molar-refractivity contribution in [2.45, 2.75) is 0 Å². The maximum atomic E-state index is 13.6. The summed E-state index contributed by atoms with van der Waals surface area (Å²) in [5, 5.41) is 2.38. The average Bonchev–Trinajstić information content (AvgIpc) is 2.35. The van der Waals surface area contributed by atoms with Gasteiger partial charge in [0.05, 0.1) is 16.9 Å². The summed E-state index contributed by atoms with van der Waals surface area (Å²) in [5.74, 6) is -4.34. The topological polar surface area (TPSA) is 38.0 Å². The molecule has 0 amide bonds.